The maximum atomic E-state index is 12.7. The first-order valence-corrected chi connectivity index (χ1v) is 8.60. The van der Waals surface area contributed by atoms with E-state index >= 15 is 0 Å². The third kappa shape index (κ3) is 4.61. The fourth-order valence-electron chi connectivity index (χ4n) is 2.62. The van der Waals surface area contributed by atoms with Crippen LogP contribution in [0.1, 0.15) is 37.4 Å². The zero-order valence-electron chi connectivity index (χ0n) is 15.6. The molecule has 0 saturated carbocycles. The Kier molecular flexibility index (Phi) is 5.76. The van der Waals surface area contributed by atoms with Crippen molar-refractivity contribution in [3.63, 3.8) is 0 Å². The van der Waals surface area contributed by atoms with Crippen LogP contribution in [0.5, 0.6) is 0 Å². The number of aromatic nitrogens is 2. The number of nitriles is 1. The molecule has 1 amide bonds. The molecule has 0 bridgehead atoms. The van der Waals surface area contributed by atoms with Crippen LogP contribution in [0, 0.1) is 11.3 Å². The van der Waals surface area contributed by atoms with E-state index in [1.807, 2.05) is 0 Å². The number of carbonyl (C=O) groups excluding carboxylic acids is 2. The lowest BCUT2D eigenvalue weighted by atomic mass is 10.1. The predicted molar refractivity (Wildman–Crippen MR) is 97.5 cm³/mol. The van der Waals surface area contributed by atoms with Crippen LogP contribution in [0.25, 0.3) is 0 Å². The Morgan fingerprint density at radius 3 is 1.75 bits per heavy atom. The number of anilines is 1. The maximum absolute atomic E-state index is 12.7. The van der Waals surface area contributed by atoms with Gasteiger partial charge in [-0.3, -0.25) is 9.59 Å². The van der Waals surface area contributed by atoms with E-state index in [2.05, 4.69) is 10.4 Å². The largest absolute Gasteiger partial charge is 0.416 e. The molecule has 0 radical (unpaired) electrons. The minimum atomic E-state index is -4.61. The van der Waals surface area contributed by atoms with E-state index in [0.29, 0.717) is 28.9 Å². The van der Waals surface area contributed by atoms with Gasteiger partial charge < -0.3 is 5.32 Å². The molecule has 12 heteroatoms. The van der Waals surface area contributed by atoms with Gasteiger partial charge in [-0.1, -0.05) is 0 Å². The van der Waals surface area contributed by atoms with Gasteiger partial charge in [0.25, 0.3) is 11.8 Å². The molecule has 2 aromatic carbocycles. The lowest BCUT2D eigenvalue weighted by molar-refractivity contribution is -0.138. The van der Waals surface area contributed by atoms with E-state index in [9.17, 15) is 41.2 Å². The molecule has 0 aliphatic heterocycles. The first kappa shape index (κ1) is 22.5. The fourth-order valence-corrected chi connectivity index (χ4v) is 2.62. The number of nitrogens with zero attached hydrogens (tertiary/aromatic N) is 3. The number of amides is 1. The number of benzene rings is 2. The van der Waals surface area contributed by atoms with Crippen molar-refractivity contribution in [3.05, 3.63) is 82.5 Å². The van der Waals surface area contributed by atoms with Gasteiger partial charge in [-0.15, -0.1) is 0 Å². The van der Waals surface area contributed by atoms with Crippen LogP contribution >= 0.6 is 0 Å². The molecule has 3 aromatic rings. The molecule has 1 aromatic heterocycles. The molecule has 0 atom stereocenters. The second-order valence-corrected chi connectivity index (χ2v) is 6.34. The van der Waals surface area contributed by atoms with Gasteiger partial charge in [-0.2, -0.15) is 41.4 Å². The van der Waals surface area contributed by atoms with Crippen molar-refractivity contribution in [1.29, 1.82) is 5.26 Å². The minimum Gasteiger partial charge on any atom is -0.305 e. The average molecular weight is 452 g/mol. The van der Waals surface area contributed by atoms with E-state index in [-0.39, 0.29) is 22.5 Å². The summed E-state index contributed by atoms with van der Waals surface area (Å²) in [6.07, 6.45) is -8.26. The summed E-state index contributed by atoms with van der Waals surface area (Å²) < 4.78 is 76.7. The summed E-state index contributed by atoms with van der Waals surface area (Å²) in [7, 11) is 0. The average Bonchev–Trinajstić information content (AvgIpc) is 3.14. The highest BCUT2D eigenvalue weighted by atomic mass is 19.4. The SMILES string of the molecule is N#Cc1cnn(C(=O)c2ccc(C(F)(F)F)cc2)c1NC(=O)c1ccc(C(F)(F)F)cc1. The van der Waals surface area contributed by atoms with Gasteiger partial charge in [0.2, 0.25) is 0 Å². The number of carbonyl (C=O) groups is 2. The summed E-state index contributed by atoms with van der Waals surface area (Å²) in [5.41, 5.74) is -2.62. The molecule has 0 fully saturated rings. The predicted octanol–water partition coefficient (Wildman–Crippen LogP) is 4.73. The highest BCUT2D eigenvalue weighted by molar-refractivity contribution is 6.06. The van der Waals surface area contributed by atoms with Crippen molar-refractivity contribution < 1.29 is 35.9 Å². The molecule has 6 nitrogen and oxygen atoms in total. The molecule has 164 valence electrons. The van der Waals surface area contributed by atoms with Crippen LogP contribution in [-0.4, -0.2) is 21.6 Å². The van der Waals surface area contributed by atoms with Gasteiger partial charge in [-0.25, -0.2) is 0 Å². The second-order valence-electron chi connectivity index (χ2n) is 6.34. The van der Waals surface area contributed by atoms with E-state index in [1.165, 1.54) is 0 Å². The molecule has 0 aliphatic carbocycles. The smallest absolute Gasteiger partial charge is 0.305 e. The fraction of sp³-hybridized carbons (Fsp3) is 0.100. The summed E-state index contributed by atoms with van der Waals surface area (Å²) in [4.78, 5) is 25.1. The van der Waals surface area contributed by atoms with E-state index in [0.717, 1.165) is 30.5 Å². The van der Waals surface area contributed by atoms with Crippen molar-refractivity contribution in [2.45, 2.75) is 12.4 Å². The molecular weight excluding hydrogens is 442 g/mol. The summed E-state index contributed by atoms with van der Waals surface area (Å²) in [6.45, 7) is 0. The first-order chi connectivity index (χ1) is 14.9. The summed E-state index contributed by atoms with van der Waals surface area (Å²) in [5, 5.41) is 15.1. The summed E-state index contributed by atoms with van der Waals surface area (Å²) in [5.74, 6) is -2.26. The molecule has 0 saturated heterocycles. The molecular formula is C20H10F6N4O2. The Labute approximate surface area is 175 Å². The zero-order valence-corrected chi connectivity index (χ0v) is 15.6. The number of halogens is 6. The molecule has 0 spiro atoms. The van der Waals surface area contributed by atoms with Crippen LogP contribution in [-0.2, 0) is 12.4 Å². The van der Waals surface area contributed by atoms with E-state index in [4.69, 9.17) is 0 Å². The lowest BCUT2D eigenvalue weighted by Crippen LogP contribution is -2.21. The van der Waals surface area contributed by atoms with Crippen molar-refractivity contribution in [2.75, 3.05) is 5.32 Å². The molecule has 1 N–H and O–H groups in total. The Morgan fingerprint density at radius 1 is 0.844 bits per heavy atom. The quantitative estimate of drug-likeness (QED) is 0.582. The van der Waals surface area contributed by atoms with Crippen molar-refractivity contribution in [2.24, 2.45) is 0 Å². The van der Waals surface area contributed by atoms with Gasteiger partial charge >= 0.3 is 12.4 Å². The van der Waals surface area contributed by atoms with Crippen LogP contribution in [0.4, 0.5) is 32.2 Å². The third-order valence-electron chi connectivity index (χ3n) is 4.25. The topological polar surface area (TPSA) is 87.8 Å². The van der Waals surface area contributed by atoms with E-state index < -0.39 is 35.3 Å². The zero-order chi connectivity index (χ0) is 23.7. The van der Waals surface area contributed by atoms with Gasteiger partial charge in [-0.05, 0) is 48.5 Å². The van der Waals surface area contributed by atoms with Crippen molar-refractivity contribution in [3.8, 4) is 6.07 Å². The molecule has 3 rings (SSSR count). The molecule has 32 heavy (non-hydrogen) atoms. The number of nitrogens with one attached hydrogen (secondary N) is 1. The standard InChI is InChI=1S/C20H10F6N4O2/c21-19(22,23)14-5-1-11(2-6-14)17(31)29-16-13(9-27)10-28-30(16)18(32)12-3-7-15(8-4-12)20(24,25)26/h1-8,10H,(H,29,31). The number of rotatable bonds is 3. The highest BCUT2D eigenvalue weighted by Crippen LogP contribution is 2.30. The monoisotopic (exact) mass is 452 g/mol. The Morgan fingerprint density at radius 2 is 1.31 bits per heavy atom. The summed E-state index contributed by atoms with van der Waals surface area (Å²) in [6, 6.07) is 8.04. The van der Waals surface area contributed by atoms with Gasteiger partial charge in [0.15, 0.2) is 5.82 Å². The third-order valence-corrected chi connectivity index (χ3v) is 4.25. The number of hydrogen-bond acceptors (Lipinski definition) is 4. The van der Waals surface area contributed by atoms with Crippen molar-refractivity contribution in [1.82, 2.24) is 9.78 Å². The summed E-state index contributed by atoms with van der Waals surface area (Å²) >= 11 is 0. The lowest BCUT2D eigenvalue weighted by Gasteiger charge is -2.11. The second kappa shape index (κ2) is 8.18. The normalized spacial score (nSPS) is 11.7. The maximum Gasteiger partial charge on any atom is 0.416 e. The van der Waals surface area contributed by atoms with Gasteiger partial charge in [0.05, 0.1) is 17.3 Å². The molecule has 0 aliphatic rings. The Balaban J connectivity index is 1.89. The van der Waals surface area contributed by atoms with Crippen LogP contribution in [0.15, 0.2) is 54.7 Å². The Bertz CT molecular complexity index is 1200. The van der Waals surface area contributed by atoms with Crippen LogP contribution in [0.3, 0.4) is 0 Å². The number of hydrogen-bond donors (Lipinski definition) is 1. The van der Waals surface area contributed by atoms with Crippen molar-refractivity contribution >= 4 is 17.6 Å². The van der Waals surface area contributed by atoms with Crippen LogP contribution in [0.2, 0.25) is 0 Å². The minimum absolute atomic E-state index is 0.198. The first-order valence-electron chi connectivity index (χ1n) is 8.60. The molecule has 0 unspecified atom stereocenters. The molecule has 1 heterocycles. The van der Waals surface area contributed by atoms with Gasteiger partial charge in [0, 0.05) is 11.1 Å². The Hall–Kier alpha value is -4.14. The van der Waals surface area contributed by atoms with Crippen LogP contribution < -0.4 is 5.32 Å². The number of alkyl halides is 6. The van der Waals surface area contributed by atoms with Gasteiger partial charge in [0.1, 0.15) is 11.6 Å². The van der Waals surface area contributed by atoms with E-state index in [1.54, 1.807) is 6.07 Å². The highest BCUT2D eigenvalue weighted by Gasteiger charge is 2.31.